The summed E-state index contributed by atoms with van der Waals surface area (Å²) < 4.78 is 37.5. The minimum atomic E-state index is -4.25. The number of alkyl halides is 3. The standard InChI is InChI=1S/C14H16F3N.ClH/c15-14(16,17)11-5-3-8(4-6-11)12-9-1-2-10(7-9)13(12)18;/h3-6,9-10,12-13H,1-2,7,18H2;1H. The van der Waals surface area contributed by atoms with Crippen molar-refractivity contribution in [2.75, 3.05) is 0 Å². The highest BCUT2D eigenvalue weighted by molar-refractivity contribution is 5.85. The second-order valence-electron chi connectivity index (χ2n) is 5.56. The van der Waals surface area contributed by atoms with Crippen molar-refractivity contribution in [3.63, 3.8) is 0 Å². The molecule has 2 saturated carbocycles. The second kappa shape index (κ2) is 4.98. The third-order valence-corrected chi connectivity index (χ3v) is 4.60. The topological polar surface area (TPSA) is 26.0 Å². The van der Waals surface area contributed by atoms with Crippen LogP contribution in [0.4, 0.5) is 13.2 Å². The summed E-state index contributed by atoms with van der Waals surface area (Å²) in [4.78, 5) is 0. The summed E-state index contributed by atoms with van der Waals surface area (Å²) in [7, 11) is 0. The number of nitrogens with two attached hydrogens (primary N) is 1. The SMILES string of the molecule is Cl.NC1C2CCC(C2)C1c1ccc(C(F)(F)F)cc1. The Bertz CT molecular complexity index is 441. The number of halogens is 4. The first-order valence-corrected chi connectivity index (χ1v) is 6.39. The first-order chi connectivity index (χ1) is 8.47. The molecule has 1 aromatic carbocycles. The molecular formula is C14H17ClF3N. The average molecular weight is 292 g/mol. The van der Waals surface area contributed by atoms with Crippen molar-refractivity contribution >= 4 is 12.4 Å². The van der Waals surface area contributed by atoms with E-state index in [9.17, 15) is 13.2 Å². The lowest BCUT2D eigenvalue weighted by molar-refractivity contribution is -0.137. The molecule has 2 aliphatic carbocycles. The van der Waals surface area contributed by atoms with Crippen LogP contribution in [0, 0.1) is 11.8 Å². The van der Waals surface area contributed by atoms with Gasteiger partial charge in [0.15, 0.2) is 0 Å². The smallest absolute Gasteiger partial charge is 0.327 e. The zero-order chi connectivity index (χ0) is 12.9. The van der Waals surface area contributed by atoms with Crippen LogP contribution in [0.25, 0.3) is 0 Å². The van der Waals surface area contributed by atoms with Crippen LogP contribution in [0.3, 0.4) is 0 Å². The van der Waals surface area contributed by atoms with E-state index in [1.807, 2.05) is 0 Å². The molecule has 0 aliphatic heterocycles. The van der Waals surface area contributed by atoms with Crippen LogP contribution in [0.1, 0.15) is 36.3 Å². The Balaban J connectivity index is 0.00000133. The van der Waals surface area contributed by atoms with E-state index >= 15 is 0 Å². The monoisotopic (exact) mass is 291 g/mol. The number of hydrogen-bond acceptors (Lipinski definition) is 1. The Morgan fingerprint density at radius 2 is 1.58 bits per heavy atom. The van der Waals surface area contributed by atoms with Gasteiger partial charge in [0, 0.05) is 12.0 Å². The summed E-state index contributed by atoms with van der Waals surface area (Å²) in [6.45, 7) is 0. The van der Waals surface area contributed by atoms with E-state index < -0.39 is 11.7 Å². The zero-order valence-electron chi connectivity index (χ0n) is 10.4. The van der Waals surface area contributed by atoms with Crippen molar-refractivity contribution in [2.45, 2.75) is 37.4 Å². The summed E-state index contributed by atoms with van der Waals surface area (Å²) in [5.41, 5.74) is 6.59. The van der Waals surface area contributed by atoms with Gasteiger partial charge in [-0.2, -0.15) is 13.2 Å². The van der Waals surface area contributed by atoms with E-state index in [-0.39, 0.29) is 24.4 Å². The molecular weight excluding hydrogens is 275 g/mol. The van der Waals surface area contributed by atoms with Crippen LogP contribution in [-0.4, -0.2) is 6.04 Å². The summed E-state index contributed by atoms with van der Waals surface area (Å²) in [6, 6.07) is 5.69. The van der Waals surface area contributed by atoms with Gasteiger partial charge in [0.05, 0.1) is 5.56 Å². The summed E-state index contributed by atoms with van der Waals surface area (Å²) in [5.74, 6) is 1.40. The summed E-state index contributed by atoms with van der Waals surface area (Å²) >= 11 is 0. The maximum absolute atomic E-state index is 12.5. The van der Waals surface area contributed by atoms with Gasteiger partial charge in [-0.1, -0.05) is 12.1 Å². The van der Waals surface area contributed by atoms with Crippen LogP contribution in [0.15, 0.2) is 24.3 Å². The van der Waals surface area contributed by atoms with Crippen molar-refractivity contribution in [1.29, 1.82) is 0 Å². The van der Waals surface area contributed by atoms with E-state index in [4.69, 9.17) is 5.73 Å². The number of hydrogen-bond donors (Lipinski definition) is 1. The molecule has 5 heteroatoms. The van der Waals surface area contributed by atoms with E-state index in [1.54, 1.807) is 12.1 Å². The normalized spacial score (nSPS) is 33.3. The lowest BCUT2D eigenvalue weighted by atomic mass is 9.80. The molecule has 19 heavy (non-hydrogen) atoms. The number of benzene rings is 1. The molecule has 3 rings (SSSR count). The molecule has 0 aromatic heterocycles. The second-order valence-corrected chi connectivity index (χ2v) is 5.56. The van der Waals surface area contributed by atoms with E-state index in [1.165, 1.54) is 25.0 Å². The van der Waals surface area contributed by atoms with Crippen LogP contribution in [0.5, 0.6) is 0 Å². The molecule has 2 aliphatic rings. The summed E-state index contributed by atoms with van der Waals surface area (Å²) in [6.07, 6.45) is -0.755. The van der Waals surface area contributed by atoms with Crippen LogP contribution in [-0.2, 0) is 6.18 Å². The van der Waals surface area contributed by atoms with Crippen LogP contribution < -0.4 is 5.73 Å². The van der Waals surface area contributed by atoms with Gasteiger partial charge in [-0.25, -0.2) is 0 Å². The van der Waals surface area contributed by atoms with Gasteiger partial charge in [0.1, 0.15) is 0 Å². The Morgan fingerprint density at radius 1 is 1.00 bits per heavy atom. The van der Waals surface area contributed by atoms with Crippen molar-refractivity contribution in [2.24, 2.45) is 17.6 Å². The van der Waals surface area contributed by atoms with Gasteiger partial charge in [0.2, 0.25) is 0 Å². The van der Waals surface area contributed by atoms with Crippen LogP contribution >= 0.6 is 12.4 Å². The fourth-order valence-corrected chi connectivity index (χ4v) is 3.72. The molecule has 1 aromatic rings. The molecule has 2 N–H and O–H groups in total. The first kappa shape index (κ1) is 14.7. The molecule has 0 saturated heterocycles. The number of rotatable bonds is 1. The Morgan fingerprint density at radius 3 is 2.05 bits per heavy atom. The summed E-state index contributed by atoms with van der Waals surface area (Å²) in [5, 5.41) is 0. The van der Waals surface area contributed by atoms with Crippen LogP contribution in [0.2, 0.25) is 0 Å². The van der Waals surface area contributed by atoms with Crippen molar-refractivity contribution in [3.8, 4) is 0 Å². The Labute approximate surface area is 116 Å². The molecule has 0 heterocycles. The highest BCUT2D eigenvalue weighted by atomic mass is 35.5. The highest BCUT2D eigenvalue weighted by Gasteiger charge is 2.46. The molecule has 0 radical (unpaired) electrons. The average Bonchev–Trinajstić information content (AvgIpc) is 2.88. The molecule has 0 spiro atoms. The minimum absolute atomic E-state index is 0. The van der Waals surface area contributed by atoms with Gasteiger partial charge >= 0.3 is 6.18 Å². The fraction of sp³-hybridized carbons (Fsp3) is 0.571. The maximum atomic E-state index is 12.5. The fourth-order valence-electron chi connectivity index (χ4n) is 3.72. The largest absolute Gasteiger partial charge is 0.416 e. The van der Waals surface area contributed by atoms with Crippen molar-refractivity contribution in [3.05, 3.63) is 35.4 Å². The Hall–Kier alpha value is -0.740. The van der Waals surface area contributed by atoms with E-state index in [0.717, 1.165) is 12.0 Å². The van der Waals surface area contributed by atoms with E-state index in [0.29, 0.717) is 11.8 Å². The molecule has 2 bridgehead atoms. The predicted molar refractivity (Wildman–Crippen MR) is 70.2 cm³/mol. The zero-order valence-corrected chi connectivity index (χ0v) is 11.2. The van der Waals surface area contributed by atoms with Gasteiger partial charge in [0.25, 0.3) is 0 Å². The number of fused-ring (bicyclic) bond motifs is 2. The molecule has 0 amide bonds. The quantitative estimate of drug-likeness (QED) is 0.832. The maximum Gasteiger partial charge on any atom is 0.416 e. The molecule has 4 atom stereocenters. The van der Waals surface area contributed by atoms with E-state index in [2.05, 4.69) is 0 Å². The highest BCUT2D eigenvalue weighted by Crippen LogP contribution is 2.52. The lowest BCUT2D eigenvalue weighted by Gasteiger charge is -2.28. The third kappa shape index (κ3) is 2.48. The van der Waals surface area contributed by atoms with Crippen molar-refractivity contribution < 1.29 is 13.2 Å². The molecule has 1 nitrogen and oxygen atoms in total. The van der Waals surface area contributed by atoms with Gasteiger partial charge in [-0.05, 0) is 48.8 Å². The lowest BCUT2D eigenvalue weighted by Crippen LogP contribution is -2.34. The first-order valence-electron chi connectivity index (χ1n) is 6.39. The minimum Gasteiger partial charge on any atom is -0.327 e. The molecule has 106 valence electrons. The van der Waals surface area contributed by atoms with Gasteiger partial charge in [-0.3, -0.25) is 0 Å². The molecule has 2 fully saturated rings. The van der Waals surface area contributed by atoms with Gasteiger partial charge < -0.3 is 5.73 Å². The van der Waals surface area contributed by atoms with Crippen molar-refractivity contribution in [1.82, 2.24) is 0 Å². The molecule has 4 unspecified atom stereocenters. The third-order valence-electron chi connectivity index (χ3n) is 4.60. The predicted octanol–water partition coefficient (Wildman–Crippen LogP) is 3.97. The Kier molecular flexibility index (Phi) is 3.85. The van der Waals surface area contributed by atoms with Gasteiger partial charge in [-0.15, -0.1) is 12.4 Å².